The van der Waals surface area contributed by atoms with Crippen LogP contribution in [0.15, 0.2) is 59.3 Å². The second-order valence-electron chi connectivity index (χ2n) is 6.34. The van der Waals surface area contributed by atoms with Gasteiger partial charge in [-0.15, -0.1) is 0 Å². The van der Waals surface area contributed by atoms with E-state index in [9.17, 15) is 14.4 Å². The molecule has 1 aromatic carbocycles. The SMILES string of the molecule is Cc1ccc(C(=O)OC(C)C(=O)Nc2cccnc2Cl)cc1NC(=O)c1ccco1. The number of pyridine rings is 1. The first-order valence-corrected chi connectivity index (χ1v) is 9.31. The fourth-order valence-electron chi connectivity index (χ4n) is 2.47. The zero-order chi connectivity index (χ0) is 21.7. The number of anilines is 2. The van der Waals surface area contributed by atoms with E-state index in [4.69, 9.17) is 20.8 Å². The van der Waals surface area contributed by atoms with Gasteiger partial charge in [-0.05, 0) is 55.8 Å². The zero-order valence-electron chi connectivity index (χ0n) is 16.1. The van der Waals surface area contributed by atoms with E-state index in [2.05, 4.69) is 15.6 Å². The molecule has 1 atom stereocenters. The van der Waals surface area contributed by atoms with E-state index in [0.29, 0.717) is 11.4 Å². The second kappa shape index (κ2) is 9.23. The molecular weight excluding hydrogens is 410 g/mol. The Morgan fingerprint density at radius 2 is 1.90 bits per heavy atom. The number of esters is 1. The number of amides is 2. The van der Waals surface area contributed by atoms with Gasteiger partial charge in [0.1, 0.15) is 0 Å². The van der Waals surface area contributed by atoms with Crippen molar-refractivity contribution in [1.29, 1.82) is 0 Å². The third-order valence-corrected chi connectivity index (χ3v) is 4.44. The number of hydrogen-bond donors (Lipinski definition) is 2. The molecule has 1 unspecified atom stereocenters. The number of carbonyl (C=O) groups excluding carboxylic acids is 3. The highest BCUT2D eigenvalue weighted by atomic mass is 35.5. The van der Waals surface area contributed by atoms with Gasteiger partial charge in [0, 0.05) is 11.9 Å². The molecule has 9 heteroatoms. The Hall–Kier alpha value is -3.65. The fraction of sp³-hybridized carbons (Fsp3) is 0.143. The van der Waals surface area contributed by atoms with Gasteiger partial charge in [0.2, 0.25) is 0 Å². The quantitative estimate of drug-likeness (QED) is 0.453. The maximum atomic E-state index is 12.5. The molecule has 0 radical (unpaired) electrons. The van der Waals surface area contributed by atoms with Crippen molar-refractivity contribution in [2.75, 3.05) is 10.6 Å². The molecule has 3 aromatic rings. The first-order valence-electron chi connectivity index (χ1n) is 8.93. The highest BCUT2D eigenvalue weighted by Crippen LogP contribution is 2.20. The molecule has 8 nitrogen and oxygen atoms in total. The third kappa shape index (κ3) is 5.03. The first-order chi connectivity index (χ1) is 14.3. The van der Waals surface area contributed by atoms with Gasteiger partial charge in [-0.25, -0.2) is 9.78 Å². The van der Waals surface area contributed by atoms with Crippen LogP contribution in [-0.4, -0.2) is 28.9 Å². The predicted octanol–water partition coefficient (Wildman–Crippen LogP) is 4.07. The number of nitrogens with zero attached hydrogens (tertiary/aromatic N) is 1. The van der Waals surface area contributed by atoms with Gasteiger partial charge >= 0.3 is 5.97 Å². The standard InChI is InChI=1S/C21H18ClN3O5/c1-12-7-8-14(11-16(12)25-20(27)17-6-4-10-29-17)21(28)30-13(2)19(26)24-15-5-3-9-23-18(15)22/h3-11,13H,1-2H3,(H,24,26)(H,25,27). The smallest absolute Gasteiger partial charge is 0.338 e. The van der Waals surface area contributed by atoms with Gasteiger partial charge in [0.05, 0.1) is 17.5 Å². The van der Waals surface area contributed by atoms with E-state index in [1.807, 2.05) is 0 Å². The van der Waals surface area contributed by atoms with Crippen molar-refractivity contribution < 1.29 is 23.5 Å². The van der Waals surface area contributed by atoms with Crippen LogP contribution >= 0.6 is 11.6 Å². The number of nitrogens with one attached hydrogen (secondary N) is 2. The van der Waals surface area contributed by atoms with Gasteiger partial charge in [-0.3, -0.25) is 9.59 Å². The molecule has 0 aliphatic heterocycles. The minimum Gasteiger partial charge on any atom is -0.459 e. The molecule has 2 amide bonds. The molecule has 154 valence electrons. The van der Waals surface area contributed by atoms with Crippen LogP contribution in [0.2, 0.25) is 5.15 Å². The summed E-state index contributed by atoms with van der Waals surface area (Å²) in [7, 11) is 0. The van der Waals surface area contributed by atoms with Crippen molar-refractivity contribution in [2.45, 2.75) is 20.0 Å². The van der Waals surface area contributed by atoms with Crippen molar-refractivity contribution in [3.05, 3.63) is 77.0 Å². The zero-order valence-corrected chi connectivity index (χ0v) is 16.9. The molecule has 30 heavy (non-hydrogen) atoms. The van der Waals surface area contributed by atoms with Crippen LogP contribution < -0.4 is 10.6 Å². The normalized spacial score (nSPS) is 11.4. The number of carbonyl (C=O) groups is 3. The highest BCUT2D eigenvalue weighted by Gasteiger charge is 2.21. The van der Waals surface area contributed by atoms with Crippen LogP contribution in [0.3, 0.4) is 0 Å². The lowest BCUT2D eigenvalue weighted by molar-refractivity contribution is -0.123. The molecule has 0 aliphatic rings. The summed E-state index contributed by atoms with van der Waals surface area (Å²) in [4.78, 5) is 40.8. The number of aryl methyl sites for hydroxylation is 1. The Morgan fingerprint density at radius 3 is 2.60 bits per heavy atom. The summed E-state index contributed by atoms with van der Waals surface area (Å²) >= 11 is 5.91. The van der Waals surface area contributed by atoms with Crippen molar-refractivity contribution in [1.82, 2.24) is 4.98 Å². The van der Waals surface area contributed by atoms with E-state index in [1.54, 1.807) is 37.3 Å². The van der Waals surface area contributed by atoms with Crippen molar-refractivity contribution in [3.8, 4) is 0 Å². The van der Waals surface area contributed by atoms with E-state index in [1.165, 1.54) is 31.5 Å². The van der Waals surface area contributed by atoms with E-state index >= 15 is 0 Å². The van der Waals surface area contributed by atoms with Gasteiger partial charge in [-0.1, -0.05) is 17.7 Å². The Bertz CT molecular complexity index is 1080. The summed E-state index contributed by atoms with van der Waals surface area (Å²) in [5.41, 5.74) is 1.65. The maximum Gasteiger partial charge on any atom is 0.338 e. The van der Waals surface area contributed by atoms with Gasteiger partial charge in [0.15, 0.2) is 17.0 Å². The predicted molar refractivity (Wildman–Crippen MR) is 111 cm³/mol. The summed E-state index contributed by atoms with van der Waals surface area (Å²) in [6.07, 6.45) is 1.79. The minimum atomic E-state index is -1.09. The Morgan fingerprint density at radius 1 is 1.10 bits per heavy atom. The molecule has 2 heterocycles. The third-order valence-electron chi connectivity index (χ3n) is 4.14. The molecule has 0 saturated carbocycles. The average Bonchev–Trinajstić information content (AvgIpc) is 3.26. The number of hydrogen-bond acceptors (Lipinski definition) is 6. The van der Waals surface area contributed by atoms with Crippen molar-refractivity contribution in [2.24, 2.45) is 0 Å². The number of aromatic nitrogens is 1. The Balaban J connectivity index is 1.66. The topological polar surface area (TPSA) is 111 Å². The lowest BCUT2D eigenvalue weighted by atomic mass is 10.1. The first kappa shape index (κ1) is 21.1. The van der Waals surface area contributed by atoms with E-state index in [-0.39, 0.29) is 16.5 Å². The van der Waals surface area contributed by atoms with E-state index < -0.39 is 23.9 Å². The van der Waals surface area contributed by atoms with Gasteiger partial charge < -0.3 is 19.8 Å². The lowest BCUT2D eigenvalue weighted by Crippen LogP contribution is -2.30. The summed E-state index contributed by atoms with van der Waals surface area (Å²) in [5, 5.41) is 5.36. The highest BCUT2D eigenvalue weighted by molar-refractivity contribution is 6.32. The average molecular weight is 428 g/mol. The van der Waals surface area contributed by atoms with Crippen molar-refractivity contribution in [3.63, 3.8) is 0 Å². The fourth-order valence-corrected chi connectivity index (χ4v) is 2.64. The molecule has 3 rings (SSSR count). The molecule has 0 spiro atoms. The maximum absolute atomic E-state index is 12.5. The lowest BCUT2D eigenvalue weighted by Gasteiger charge is -2.15. The van der Waals surface area contributed by atoms with Crippen LogP contribution in [0.5, 0.6) is 0 Å². The molecule has 0 saturated heterocycles. The number of benzene rings is 1. The van der Waals surface area contributed by atoms with E-state index in [0.717, 1.165) is 5.56 Å². The van der Waals surface area contributed by atoms with Crippen LogP contribution in [0.4, 0.5) is 11.4 Å². The Kier molecular flexibility index (Phi) is 6.48. The molecular formula is C21H18ClN3O5. The summed E-state index contributed by atoms with van der Waals surface area (Å²) in [5.74, 6) is -1.59. The summed E-state index contributed by atoms with van der Waals surface area (Å²) < 4.78 is 10.3. The van der Waals surface area contributed by atoms with Crippen LogP contribution in [-0.2, 0) is 9.53 Å². The summed E-state index contributed by atoms with van der Waals surface area (Å²) in [6, 6.07) is 11.0. The monoisotopic (exact) mass is 427 g/mol. The number of ether oxygens (including phenoxy) is 1. The van der Waals surface area contributed by atoms with Gasteiger partial charge in [-0.2, -0.15) is 0 Å². The molecule has 0 fully saturated rings. The molecule has 0 bridgehead atoms. The van der Waals surface area contributed by atoms with Crippen LogP contribution in [0.25, 0.3) is 0 Å². The molecule has 2 N–H and O–H groups in total. The van der Waals surface area contributed by atoms with Crippen LogP contribution in [0, 0.1) is 6.92 Å². The number of halogens is 1. The minimum absolute atomic E-state index is 0.125. The summed E-state index contributed by atoms with van der Waals surface area (Å²) in [6.45, 7) is 3.21. The van der Waals surface area contributed by atoms with Crippen LogP contribution in [0.1, 0.15) is 33.4 Å². The number of furan rings is 1. The largest absolute Gasteiger partial charge is 0.459 e. The molecule has 0 aliphatic carbocycles. The Labute approximate surface area is 177 Å². The number of rotatable bonds is 6. The van der Waals surface area contributed by atoms with Crippen molar-refractivity contribution >= 4 is 40.8 Å². The second-order valence-corrected chi connectivity index (χ2v) is 6.70. The van der Waals surface area contributed by atoms with Gasteiger partial charge in [0.25, 0.3) is 11.8 Å². The molecule has 2 aromatic heterocycles.